The van der Waals surface area contributed by atoms with Gasteiger partial charge in [-0.2, -0.15) is 10.2 Å². The molecule has 0 unspecified atom stereocenters. The van der Waals surface area contributed by atoms with Crippen LogP contribution in [0.15, 0.2) is 18.5 Å². The molecule has 21 heavy (non-hydrogen) atoms. The second-order valence-electron chi connectivity index (χ2n) is 4.48. The van der Waals surface area contributed by atoms with Crippen LogP contribution in [-0.2, 0) is 24.3 Å². The Morgan fingerprint density at radius 2 is 2.38 bits per heavy atom. The van der Waals surface area contributed by atoms with E-state index >= 15 is 0 Å². The maximum Gasteiger partial charge on any atom is 0.306 e. The number of aromatic nitrogens is 4. The summed E-state index contributed by atoms with van der Waals surface area (Å²) in [4.78, 5) is 21.7. The smallest absolute Gasteiger partial charge is 0.306 e. The molecule has 2 heterocycles. The minimum absolute atomic E-state index is 0.0834. The Morgan fingerprint density at radius 1 is 1.57 bits per heavy atom. The van der Waals surface area contributed by atoms with E-state index in [1.54, 1.807) is 0 Å². The number of carbonyl (C=O) groups is 1. The largest absolute Gasteiger partial charge is 0.350 e. The summed E-state index contributed by atoms with van der Waals surface area (Å²) >= 11 is 0. The van der Waals surface area contributed by atoms with Gasteiger partial charge in [0.1, 0.15) is 12.4 Å². The van der Waals surface area contributed by atoms with Crippen molar-refractivity contribution in [3.8, 4) is 0 Å². The fraction of sp³-hybridized carbons (Fsp3) is 0.417. The molecule has 2 aromatic rings. The van der Waals surface area contributed by atoms with Crippen molar-refractivity contribution in [1.82, 2.24) is 25.3 Å². The summed E-state index contributed by atoms with van der Waals surface area (Å²) < 4.78 is 1.38. The van der Waals surface area contributed by atoms with Crippen LogP contribution in [0.3, 0.4) is 0 Å². The topological polar surface area (TPSA) is 119 Å². The van der Waals surface area contributed by atoms with Crippen molar-refractivity contribution >= 4 is 11.6 Å². The van der Waals surface area contributed by atoms with Gasteiger partial charge in [-0.1, -0.05) is 6.92 Å². The summed E-state index contributed by atoms with van der Waals surface area (Å²) in [6, 6.07) is 1.90. The lowest BCUT2D eigenvalue weighted by molar-refractivity contribution is -0.385. The van der Waals surface area contributed by atoms with E-state index < -0.39 is 4.92 Å². The van der Waals surface area contributed by atoms with Crippen LogP contribution < -0.4 is 5.32 Å². The molecule has 2 rings (SSSR count). The number of carbonyl (C=O) groups excluding carboxylic acids is 1. The standard InChI is InChI=1S/C12H16N6O3/c1-2-9-5-10(16-15-9)6-13-12(19)3-4-17-8-11(7-14-17)18(20)21/h5,7-8H,2-4,6H2,1H3,(H,13,19)(H,15,16). The summed E-state index contributed by atoms with van der Waals surface area (Å²) in [6.07, 6.45) is 3.50. The Hall–Kier alpha value is -2.71. The molecular weight excluding hydrogens is 276 g/mol. The van der Waals surface area contributed by atoms with Crippen molar-refractivity contribution in [2.45, 2.75) is 32.9 Å². The highest BCUT2D eigenvalue weighted by Crippen LogP contribution is 2.08. The summed E-state index contributed by atoms with van der Waals surface area (Å²) in [5.74, 6) is -0.152. The second-order valence-corrected chi connectivity index (χ2v) is 4.48. The van der Waals surface area contributed by atoms with Gasteiger partial charge in [0.05, 0.1) is 22.9 Å². The molecule has 0 spiro atoms. The monoisotopic (exact) mass is 292 g/mol. The predicted molar refractivity (Wildman–Crippen MR) is 73.3 cm³/mol. The van der Waals surface area contributed by atoms with Crippen LogP contribution in [-0.4, -0.2) is 30.8 Å². The first-order valence-corrected chi connectivity index (χ1v) is 6.55. The van der Waals surface area contributed by atoms with Crippen LogP contribution in [0.2, 0.25) is 0 Å². The first kappa shape index (κ1) is 14.7. The van der Waals surface area contributed by atoms with E-state index in [1.807, 2.05) is 13.0 Å². The maximum atomic E-state index is 11.7. The zero-order chi connectivity index (χ0) is 15.2. The highest BCUT2D eigenvalue weighted by molar-refractivity contribution is 5.75. The van der Waals surface area contributed by atoms with E-state index in [2.05, 4.69) is 20.6 Å². The highest BCUT2D eigenvalue weighted by atomic mass is 16.6. The quantitative estimate of drug-likeness (QED) is 0.577. The molecule has 2 N–H and O–H groups in total. The fourth-order valence-electron chi connectivity index (χ4n) is 1.75. The average molecular weight is 292 g/mol. The number of aryl methyl sites for hydroxylation is 2. The maximum absolute atomic E-state index is 11.7. The Bertz CT molecular complexity index is 632. The van der Waals surface area contributed by atoms with E-state index in [9.17, 15) is 14.9 Å². The van der Waals surface area contributed by atoms with Crippen molar-refractivity contribution < 1.29 is 9.72 Å². The Balaban J connectivity index is 1.75. The molecule has 0 fully saturated rings. The third-order valence-electron chi connectivity index (χ3n) is 2.92. The zero-order valence-electron chi connectivity index (χ0n) is 11.6. The molecule has 0 saturated carbocycles. The molecule has 9 heteroatoms. The molecule has 0 aliphatic carbocycles. The van der Waals surface area contributed by atoms with E-state index in [1.165, 1.54) is 10.9 Å². The number of nitrogens with one attached hydrogen (secondary N) is 2. The number of nitrogens with zero attached hydrogens (tertiary/aromatic N) is 4. The number of hydrogen-bond donors (Lipinski definition) is 2. The third kappa shape index (κ3) is 4.13. The summed E-state index contributed by atoms with van der Waals surface area (Å²) in [5, 5.41) is 24.0. The van der Waals surface area contributed by atoms with Gasteiger partial charge in [-0.05, 0) is 12.5 Å². The van der Waals surface area contributed by atoms with Gasteiger partial charge in [-0.3, -0.25) is 24.7 Å². The van der Waals surface area contributed by atoms with E-state index in [0.29, 0.717) is 13.1 Å². The third-order valence-corrected chi connectivity index (χ3v) is 2.92. The lowest BCUT2D eigenvalue weighted by Crippen LogP contribution is -2.24. The normalized spacial score (nSPS) is 10.5. The molecule has 0 aliphatic heterocycles. The lowest BCUT2D eigenvalue weighted by atomic mass is 10.3. The molecular formula is C12H16N6O3. The summed E-state index contributed by atoms with van der Waals surface area (Å²) in [7, 11) is 0. The molecule has 0 radical (unpaired) electrons. The molecule has 9 nitrogen and oxygen atoms in total. The first-order valence-electron chi connectivity index (χ1n) is 6.55. The molecule has 0 aromatic carbocycles. The van der Waals surface area contributed by atoms with Gasteiger partial charge in [-0.25, -0.2) is 0 Å². The molecule has 1 amide bonds. The van der Waals surface area contributed by atoms with Crippen molar-refractivity contribution in [3.63, 3.8) is 0 Å². The molecule has 0 bridgehead atoms. The van der Waals surface area contributed by atoms with Crippen LogP contribution in [0.5, 0.6) is 0 Å². The number of amides is 1. The minimum atomic E-state index is -0.521. The van der Waals surface area contributed by atoms with Gasteiger partial charge in [0.15, 0.2) is 0 Å². The van der Waals surface area contributed by atoms with Crippen molar-refractivity contribution in [2.24, 2.45) is 0 Å². The molecule has 0 saturated heterocycles. The fourth-order valence-corrected chi connectivity index (χ4v) is 1.75. The predicted octanol–water partition coefficient (Wildman–Crippen LogP) is 0.783. The van der Waals surface area contributed by atoms with Gasteiger partial charge in [0.25, 0.3) is 0 Å². The number of rotatable bonds is 7. The van der Waals surface area contributed by atoms with Crippen LogP contribution in [0.25, 0.3) is 0 Å². The van der Waals surface area contributed by atoms with Gasteiger partial charge >= 0.3 is 5.69 Å². The Labute approximate surface area is 120 Å². The van der Waals surface area contributed by atoms with E-state index in [-0.39, 0.29) is 18.0 Å². The Morgan fingerprint density at radius 3 is 3.00 bits per heavy atom. The summed E-state index contributed by atoms with van der Waals surface area (Å²) in [5.41, 5.74) is 1.71. The van der Waals surface area contributed by atoms with Crippen LogP contribution in [0.1, 0.15) is 24.7 Å². The summed E-state index contributed by atoms with van der Waals surface area (Å²) in [6.45, 7) is 2.68. The first-order chi connectivity index (χ1) is 10.1. The number of nitro groups is 1. The molecule has 112 valence electrons. The lowest BCUT2D eigenvalue weighted by Gasteiger charge is -2.03. The van der Waals surface area contributed by atoms with Crippen molar-refractivity contribution in [1.29, 1.82) is 0 Å². The highest BCUT2D eigenvalue weighted by Gasteiger charge is 2.10. The van der Waals surface area contributed by atoms with E-state index in [4.69, 9.17) is 0 Å². The number of aromatic amines is 1. The minimum Gasteiger partial charge on any atom is -0.350 e. The van der Waals surface area contributed by atoms with Gasteiger partial charge in [0, 0.05) is 13.0 Å². The van der Waals surface area contributed by atoms with Gasteiger partial charge in [0.2, 0.25) is 5.91 Å². The van der Waals surface area contributed by atoms with Gasteiger partial charge < -0.3 is 5.32 Å². The van der Waals surface area contributed by atoms with Crippen LogP contribution in [0, 0.1) is 10.1 Å². The zero-order valence-corrected chi connectivity index (χ0v) is 11.6. The second kappa shape index (κ2) is 6.64. The van der Waals surface area contributed by atoms with Crippen molar-refractivity contribution in [3.05, 3.63) is 40.0 Å². The number of hydrogen-bond acceptors (Lipinski definition) is 5. The molecule has 2 aromatic heterocycles. The van der Waals surface area contributed by atoms with Gasteiger partial charge in [-0.15, -0.1) is 0 Å². The van der Waals surface area contributed by atoms with Crippen LogP contribution in [0.4, 0.5) is 5.69 Å². The Kier molecular flexibility index (Phi) is 4.64. The van der Waals surface area contributed by atoms with E-state index in [0.717, 1.165) is 24.0 Å². The molecule has 0 aliphatic rings. The molecule has 0 atom stereocenters. The van der Waals surface area contributed by atoms with Crippen LogP contribution >= 0.6 is 0 Å². The SMILES string of the molecule is CCc1cc(CNC(=O)CCn2cc([N+](=O)[O-])cn2)[nH]n1. The number of H-pyrrole nitrogens is 1. The van der Waals surface area contributed by atoms with Crippen molar-refractivity contribution in [2.75, 3.05) is 0 Å². The average Bonchev–Trinajstić information content (AvgIpc) is 3.11.